The number of nitrogens with one attached hydrogen (secondary N) is 1. The molecule has 2 rings (SSSR count). The second-order valence-corrected chi connectivity index (χ2v) is 7.86. The summed E-state index contributed by atoms with van der Waals surface area (Å²) in [7, 11) is 0. The molecule has 0 aromatic rings. The van der Waals surface area contributed by atoms with Crippen molar-refractivity contribution in [1.82, 2.24) is 5.32 Å². The number of hydrogen-bond donors (Lipinski definition) is 6. The Hall–Kier alpha value is 0.0300. The van der Waals surface area contributed by atoms with Gasteiger partial charge in [0, 0.05) is 17.8 Å². The van der Waals surface area contributed by atoms with Crippen LogP contribution < -0.4 is 5.32 Å². The Kier molecular flexibility index (Phi) is 8.68. The monoisotopic (exact) mass is 367 g/mol. The Morgan fingerprint density at radius 3 is 2.54 bits per heavy atom. The van der Waals surface area contributed by atoms with E-state index in [0.717, 1.165) is 32.1 Å². The molecular weight excluding hydrogens is 338 g/mol. The van der Waals surface area contributed by atoms with Crippen molar-refractivity contribution in [2.45, 2.75) is 73.2 Å². The van der Waals surface area contributed by atoms with Crippen LogP contribution in [0.1, 0.15) is 32.1 Å². The smallest absolute Gasteiger partial charge is 0.132 e. The lowest BCUT2D eigenvalue weighted by molar-refractivity contribution is -0.240. The van der Waals surface area contributed by atoms with Crippen molar-refractivity contribution in [3.8, 4) is 0 Å². The molecular formula is C15H29NO7S. The maximum absolute atomic E-state index is 10.2. The van der Waals surface area contributed by atoms with Crippen molar-refractivity contribution in [2.75, 3.05) is 19.8 Å². The van der Waals surface area contributed by atoms with E-state index in [0.29, 0.717) is 12.6 Å². The number of thioether (sulfide) groups is 1. The fraction of sp³-hybridized carbons (Fsp3) is 1.00. The third kappa shape index (κ3) is 5.52. The van der Waals surface area contributed by atoms with Crippen LogP contribution in [0, 0.1) is 0 Å². The number of hydrogen-bond acceptors (Lipinski definition) is 9. The van der Waals surface area contributed by atoms with E-state index < -0.39 is 36.5 Å². The zero-order valence-corrected chi connectivity index (χ0v) is 14.5. The molecule has 6 N–H and O–H groups in total. The van der Waals surface area contributed by atoms with Gasteiger partial charge in [-0.3, -0.25) is 5.26 Å². The Morgan fingerprint density at radius 1 is 1.08 bits per heavy atom. The van der Waals surface area contributed by atoms with Crippen LogP contribution in [0.3, 0.4) is 0 Å². The predicted octanol–water partition coefficient (Wildman–Crippen LogP) is -0.700. The van der Waals surface area contributed by atoms with Gasteiger partial charge in [-0.25, -0.2) is 4.89 Å². The molecule has 5 unspecified atom stereocenters. The van der Waals surface area contributed by atoms with Crippen molar-refractivity contribution in [3.05, 3.63) is 0 Å². The summed E-state index contributed by atoms with van der Waals surface area (Å²) in [6.45, 7) is 0.400. The Labute approximate surface area is 146 Å². The number of rotatable bonds is 7. The lowest BCUT2D eigenvalue weighted by Gasteiger charge is -2.40. The average molecular weight is 367 g/mol. The summed E-state index contributed by atoms with van der Waals surface area (Å²) in [6.07, 6.45) is 0.385. The van der Waals surface area contributed by atoms with Gasteiger partial charge in [-0.05, 0) is 19.3 Å². The topological polar surface area (TPSA) is 132 Å². The molecule has 0 bridgehead atoms. The van der Waals surface area contributed by atoms with Crippen LogP contribution in [-0.4, -0.2) is 86.6 Å². The van der Waals surface area contributed by atoms with Gasteiger partial charge in [0.25, 0.3) is 0 Å². The molecule has 0 aromatic heterocycles. The number of aliphatic hydroxyl groups is 4. The van der Waals surface area contributed by atoms with Crippen molar-refractivity contribution < 1.29 is 35.3 Å². The van der Waals surface area contributed by atoms with E-state index in [9.17, 15) is 20.4 Å². The predicted molar refractivity (Wildman–Crippen MR) is 88.6 cm³/mol. The second-order valence-electron chi connectivity index (χ2n) is 6.46. The van der Waals surface area contributed by atoms with Gasteiger partial charge >= 0.3 is 0 Å². The molecule has 1 saturated heterocycles. The van der Waals surface area contributed by atoms with Gasteiger partial charge in [0.15, 0.2) is 0 Å². The first-order valence-electron chi connectivity index (χ1n) is 8.52. The normalized spacial score (nSPS) is 41.1. The fourth-order valence-electron chi connectivity index (χ4n) is 3.30. The summed E-state index contributed by atoms with van der Waals surface area (Å²) in [4.78, 5) is 4.08. The molecule has 8 nitrogen and oxygen atoms in total. The maximum Gasteiger partial charge on any atom is 0.132 e. The summed E-state index contributed by atoms with van der Waals surface area (Å²) in [5, 5.41) is 51.1. The van der Waals surface area contributed by atoms with E-state index in [2.05, 4.69) is 10.2 Å². The van der Waals surface area contributed by atoms with Gasteiger partial charge in [-0.1, -0.05) is 12.8 Å². The molecule has 142 valence electrons. The quantitative estimate of drug-likeness (QED) is 0.150. The van der Waals surface area contributed by atoms with Crippen molar-refractivity contribution in [2.24, 2.45) is 0 Å². The van der Waals surface area contributed by atoms with Crippen LogP contribution >= 0.6 is 11.8 Å². The van der Waals surface area contributed by atoms with Gasteiger partial charge in [0.2, 0.25) is 0 Å². The van der Waals surface area contributed by atoms with Crippen LogP contribution in [0.15, 0.2) is 0 Å². The SMILES string of the molecule is OCC1O[C@@H](SC2CCCCC(NCCOO)C2)C(O)C(O)[C@H]1O. The van der Waals surface area contributed by atoms with E-state index in [-0.39, 0.29) is 11.9 Å². The minimum absolute atomic E-state index is 0.237. The van der Waals surface area contributed by atoms with Crippen molar-refractivity contribution in [3.63, 3.8) is 0 Å². The highest BCUT2D eigenvalue weighted by atomic mass is 32.2. The van der Waals surface area contributed by atoms with Gasteiger partial charge in [0.05, 0.1) is 13.2 Å². The summed E-state index contributed by atoms with van der Waals surface area (Å²) in [5.41, 5.74) is -0.676. The molecule has 0 aromatic carbocycles. The summed E-state index contributed by atoms with van der Waals surface area (Å²) in [6, 6.07) is 0.296. The molecule has 0 spiro atoms. The van der Waals surface area contributed by atoms with E-state index in [4.69, 9.17) is 9.99 Å². The van der Waals surface area contributed by atoms with Crippen LogP contribution in [0.2, 0.25) is 0 Å². The zero-order chi connectivity index (χ0) is 17.5. The highest BCUT2D eigenvalue weighted by Gasteiger charge is 2.44. The minimum atomic E-state index is -1.32. The maximum atomic E-state index is 10.2. The largest absolute Gasteiger partial charge is 0.394 e. The van der Waals surface area contributed by atoms with Crippen molar-refractivity contribution in [1.29, 1.82) is 0 Å². The first-order chi connectivity index (χ1) is 11.6. The van der Waals surface area contributed by atoms with E-state index in [1.807, 2.05) is 0 Å². The standard InChI is InChI=1S/C15H29NO7S/c17-8-11-12(18)13(19)14(20)15(23-11)24-10-4-2-1-3-9(7-10)16-5-6-22-21/h9-21H,1-8H2/t9?,10?,11?,12-,13?,14?,15-/m0/s1. The Balaban J connectivity index is 1.90. The molecule has 1 heterocycles. The van der Waals surface area contributed by atoms with Crippen LogP contribution in [0.5, 0.6) is 0 Å². The summed E-state index contributed by atoms with van der Waals surface area (Å²) >= 11 is 1.46. The molecule has 9 heteroatoms. The minimum Gasteiger partial charge on any atom is -0.394 e. The van der Waals surface area contributed by atoms with Gasteiger partial charge in [-0.15, -0.1) is 11.8 Å². The van der Waals surface area contributed by atoms with Crippen molar-refractivity contribution >= 4 is 11.8 Å². The third-order valence-electron chi connectivity index (χ3n) is 4.68. The van der Waals surface area contributed by atoms with Crippen LogP contribution in [0.4, 0.5) is 0 Å². The zero-order valence-electron chi connectivity index (χ0n) is 13.7. The van der Waals surface area contributed by atoms with Crippen LogP contribution in [0.25, 0.3) is 0 Å². The Morgan fingerprint density at radius 2 is 1.83 bits per heavy atom. The van der Waals surface area contributed by atoms with Gasteiger partial charge < -0.3 is 30.5 Å². The first kappa shape index (κ1) is 20.3. The lowest BCUT2D eigenvalue weighted by atomic mass is 10.0. The number of aliphatic hydroxyl groups excluding tert-OH is 4. The Bertz CT molecular complexity index is 363. The molecule has 1 aliphatic heterocycles. The van der Waals surface area contributed by atoms with Gasteiger partial charge in [-0.2, -0.15) is 0 Å². The summed E-state index contributed by atoms with van der Waals surface area (Å²) in [5.74, 6) is 0. The summed E-state index contributed by atoms with van der Waals surface area (Å²) < 4.78 is 5.59. The van der Waals surface area contributed by atoms with E-state index in [1.165, 1.54) is 11.8 Å². The third-order valence-corrected chi connectivity index (χ3v) is 6.15. The molecule has 1 aliphatic carbocycles. The molecule has 2 fully saturated rings. The average Bonchev–Trinajstić information content (AvgIpc) is 2.81. The fourth-order valence-corrected chi connectivity index (χ4v) is 4.86. The van der Waals surface area contributed by atoms with E-state index in [1.54, 1.807) is 0 Å². The van der Waals surface area contributed by atoms with E-state index >= 15 is 0 Å². The molecule has 0 amide bonds. The molecule has 2 aliphatic rings. The molecule has 0 radical (unpaired) electrons. The van der Waals surface area contributed by atoms with Crippen LogP contribution in [-0.2, 0) is 9.62 Å². The number of ether oxygens (including phenoxy) is 1. The van der Waals surface area contributed by atoms with Gasteiger partial charge in [0.1, 0.15) is 29.9 Å². The highest BCUT2D eigenvalue weighted by Crippen LogP contribution is 2.36. The first-order valence-corrected chi connectivity index (χ1v) is 9.46. The lowest BCUT2D eigenvalue weighted by Crippen LogP contribution is -2.57. The molecule has 1 saturated carbocycles. The molecule has 24 heavy (non-hydrogen) atoms. The highest BCUT2D eigenvalue weighted by molar-refractivity contribution is 8.00. The molecule has 7 atom stereocenters. The second kappa shape index (κ2) is 10.2.